The summed E-state index contributed by atoms with van der Waals surface area (Å²) in [4.78, 5) is 12.8. The minimum Gasteiger partial charge on any atom is -0.293 e. The molecule has 0 saturated carbocycles. The fourth-order valence-electron chi connectivity index (χ4n) is 1.56. The predicted octanol–water partition coefficient (Wildman–Crippen LogP) is 5.46. The summed E-state index contributed by atoms with van der Waals surface area (Å²) < 4.78 is 28.3. The molecule has 0 N–H and O–H groups in total. The molecule has 104 valence electrons. The van der Waals surface area contributed by atoms with Crippen molar-refractivity contribution in [2.24, 2.45) is 0 Å². The molecule has 0 fully saturated rings. The molecule has 0 unspecified atom stereocenters. The number of Topliss-reactive ketones (excluding diaryl/α,β-unsaturated/α-hetero) is 1. The van der Waals surface area contributed by atoms with Gasteiger partial charge in [-0.25, -0.2) is 8.78 Å². The van der Waals surface area contributed by atoms with Crippen molar-refractivity contribution in [1.29, 1.82) is 0 Å². The molecule has 0 aromatic heterocycles. The maximum Gasteiger partial charge on any atom is 0.179 e. The molecule has 0 amide bonds. The van der Waals surface area contributed by atoms with Crippen LogP contribution >= 0.6 is 43.6 Å². The van der Waals surface area contributed by atoms with E-state index in [-0.39, 0.29) is 10.2 Å². The van der Waals surface area contributed by atoms with Crippen LogP contribution in [0.1, 0.15) is 10.4 Å². The van der Waals surface area contributed by atoms with E-state index < -0.39 is 23.0 Å². The highest BCUT2D eigenvalue weighted by atomic mass is 79.9. The van der Waals surface area contributed by atoms with E-state index in [0.717, 1.165) is 15.4 Å². The van der Waals surface area contributed by atoms with Gasteiger partial charge in [0.05, 0.1) is 15.8 Å². The van der Waals surface area contributed by atoms with Crippen molar-refractivity contribution in [3.05, 3.63) is 62.5 Å². The number of thioether (sulfide) groups is 1. The van der Waals surface area contributed by atoms with Crippen LogP contribution in [0.5, 0.6) is 0 Å². The second kappa shape index (κ2) is 6.83. The standard InChI is InChI=1S/C14H8Br2F2OS/c15-8-3-1-2-4-12(8)20-7-11(19)13-10(17)6-5-9(16)14(13)18/h1-6H,7H2. The minimum absolute atomic E-state index is 0.0348. The number of rotatable bonds is 4. The first-order valence-electron chi connectivity index (χ1n) is 5.54. The van der Waals surface area contributed by atoms with Gasteiger partial charge in [-0.15, -0.1) is 11.8 Å². The van der Waals surface area contributed by atoms with E-state index in [4.69, 9.17) is 0 Å². The number of carbonyl (C=O) groups is 1. The Balaban J connectivity index is 2.18. The number of halogens is 4. The summed E-state index contributed by atoms with van der Waals surface area (Å²) >= 11 is 7.53. The van der Waals surface area contributed by atoms with E-state index >= 15 is 0 Å². The van der Waals surface area contributed by atoms with Crippen LogP contribution in [0.2, 0.25) is 0 Å². The van der Waals surface area contributed by atoms with Crippen LogP contribution in [0.25, 0.3) is 0 Å². The smallest absolute Gasteiger partial charge is 0.179 e. The summed E-state index contributed by atoms with van der Waals surface area (Å²) in [7, 11) is 0. The van der Waals surface area contributed by atoms with Crippen LogP contribution in [0.3, 0.4) is 0 Å². The number of carbonyl (C=O) groups excluding carboxylic acids is 1. The molecule has 0 bridgehead atoms. The lowest BCUT2D eigenvalue weighted by molar-refractivity contribution is 0.101. The van der Waals surface area contributed by atoms with Gasteiger partial charge < -0.3 is 0 Å². The molecule has 2 rings (SSSR count). The summed E-state index contributed by atoms with van der Waals surface area (Å²) in [6.07, 6.45) is 0. The molecule has 0 aliphatic heterocycles. The van der Waals surface area contributed by atoms with E-state index in [1.807, 2.05) is 24.3 Å². The number of hydrogen-bond donors (Lipinski definition) is 0. The van der Waals surface area contributed by atoms with Gasteiger partial charge in [-0.1, -0.05) is 12.1 Å². The van der Waals surface area contributed by atoms with Gasteiger partial charge in [-0.2, -0.15) is 0 Å². The van der Waals surface area contributed by atoms with Crippen molar-refractivity contribution in [1.82, 2.24) is 0 Å². The second-order valence-corrected chi connectivity index (χ2v) is 6.59. The van der Waals surface area contributed by atoms with Gasteiger partial charge in [-0.3, -0.25) is 4.79 Å². The van der Waals surface area contributed by atoms with Crippen LogP contribution in [0.4, 0.5) is 8.78 Å². The summed E-state index contributed by atoms with van der Waals surface area (Å²) in [5.41, 5.74) is -0.501. The molecular weight excluding hydrogens is 414 g/mol. The van der Waals surface area contributed by atoms with Crippen LogP contribution in [0.15, 0.2) is 50.2 Å². The lowest BCUT2D eigenvalue weighted by Gasteiger charge is -2.06. The molecule has 6 heteroatoms. The SMILES string of the molecule is O=C(CSc1ccccc1Br)c1c(F)ccc(Br)c1F. The third-order valence-electron chi connectivity index (χ3n) is 2.52. The van der Waals surface area contributed by atoms with E-state index in [0.29, 0.717) is 0 Å². The quantitative estimate of drug-likeness (QED) is 0.370. The molecule has 0 aliphatic carbocycles. The van der Waals surface area contributed by atoms with Gasteiger partial charge in [0.2, 0.25) is 0 Å². The molecule has 1 nitrogen and oxygen atoms in total. The van der Waals surface area contributed by atoms with Gasteiger partial charge in [0.15, 0.2) is 11.6 Å². The molecule has 0 spiro atoms. The lowest BCUT2D eigenvalue weighted by Crippen LogP contribution is -2.09. The first-order chi connectivity index (χ1) is 9.50. The topological polar surface area (TPSA) is 17.1 Å². The molecule has 2 aromatic carbocycles. The van der Waals surface area contributed by atoms with Gasteiger partial charge in [-0.05, 0) is 56.1 Å². The van der Waals surface area contributed by atoms with Gasteiger partial charge in [0.1, 0.15) is 5.82 Å². The summed E-state index contributed by atoms with van der Waals surface area (Å²) in [5.74, 6) is -2.32. The molecule has 20 heavy (non-hydrogen) atoms. The second-order valence-electron chi connectivity index (χ2n) is 3.86. The molecule has 0 aliphatic rings. The zero-order chi connectivity index (χ0) is 14.7. The van der Waals surface area contributed by atoms with Crippen LogP contribution in [-0.4, -0.2) is 11.5 Å². The number of ketones is 1. The minimum atomic E-state index is -0.859. The van der Waals surface area contributed by atoms with Gasteiger partial charge in [0.25, 0.3) is 0 Å². The highest BCUT2D eigenvalue weighted by molar-refractivity contribution is 9.10. The molecular formula is C14H8Br2F2OS. The van der Waals surface area contributed by atoms with Crippen LogP contribution in [-0.2, 0) is 0 Å². The summed E-state index contributed by atoms with van der Waals surface area (Å²) in [5, 5.41) is 0. The Morgan fingerprint density at radius 3 is 2.45 bits per heavy atom. The zero-order valence-corrected chi connectivity index (χ0v) is 14.0. The summed E-state index contributed by atoms with van der Waals surface area (Å²) in [6.45, 7) is 0. The third-order valence-corrected chi connectivity index (χ3v) is 5.16. The Morgan fingerprint density at radius 1 is 1.05 bits per heavy atom. The highest BCUT2D eigenvalue weighted by Gasteiger charge is 2.19. The average Bonchev–Trinajstić information content (AvgIpc) is 2.42. The van der Waals surface area contributed by atoms with Crippen molar-refractivity contribution in [3.8, 4) is 0 Å². The van der Waals surface area contributed by atoms with Crippen molar-refractivity contribution in [3.63, 3.8) is 0 Å². The first-order valence-corrected chi connectivity index (χ1v) is 8.12. The monoisotopic (exact) mass is 420 g/mol. The fraction of sp³-hybridized carbons (Fsp3) is 0.0714. The van der Waals surface area contributed by atoms with Crippen molar-refractivity contribution >= 4 is 49.4 Å². The maximum absolute atomic E-state index is 13.8. The Kier molecular flexibility index (Phi) is 5.35. The van der Waals surface area contributed by atoms with Gasteiger partial charge in [0, 0.05) is 9.37 Å². The normalized spacial score (nSPS) is 10.6. The predicted molar refractivity (Wildman–Crippen MR) is 83.3 cm³/mol. The Hall–Kier alpha value is -0.720. The average molecular weight is 422 g/mol. The zero-order valence-electron chi connectivity index (χ0n) is 10.00. The van der Waals surface area contributed by atoms with E-state index in [2.05, 4.69) is 31.9 Å². The molecule has 0 saturated heterocycles. The Morgan fingerprint density at radius 2 is 1.75 bits per heavy atom. The molecule has 0 atom stereocenters. The van der Waals surface area contributed by atoms with Crippen molar-refractivity contribution in [2.75, 3.05) is 5.75 Å². The Bertz CT molecular complexity index is 662. The van der Waals surface area contributed by atoms with Crippen molar-refractivity contribution < 1.29 is 13.6 Å². The van der Waals surface area contributed by atoms with Gasteiger partial charge >= 0.3 is 0 Å². The number of hydrogen-bond acceptors (Lipinski definition) is 2. The maximum atomic E-state index is 13.8. The third kappa shape index (κ3) is 3.48. The largest absolute Gasteiger partial charge is 0.293 e. The van der Waals surface area contributed by atoms with Crippen LogP contribution in [0, 0.1) is 11.6 Å². The highest BCUT2D eigenvalue weighted by Crippen LogP contribution is 2.29. The number of benzene rings is 2. The lowest BCUT2D eigenvalue weighted by atomic mass is 10.1. The molecule has 2 aromatic rings. The Labute approximate surface area is 136 Å². The van der Waals surface area contributed by atoms with E-state index in [9.17, 15) is 13.6 Å². The van der Waals surface area contributed by atoms with E-state index in [1.54, 1.807) is 0 Å². The molecule has 0 heterocycles. The molecule has 0 radical (unpaired) electrons. The first kappa shape index (κ1) is 15.7. The van der Waals surface area contributed by atoms with E-state index in [1.165, 1.54) is 17.8 Å². The van der Waals surface area contributed by atoms with Crippen molar-refractivity contribution in [2.45, 2.75) is 4.90 Å². The fourth-order valence-corrected chi connectivity index (χ4v) is 3.33. The van der Waals surface area contributed by atoms with Crippen LogP contribution < -0.4 is 0 Å². The summed E-state index contributed by atoms with van der Waals surface area (Å²) in [6, 6.07) is 9.66.